The van der Waals surface area contributed by atoms with Crippen LogP contribution in [0.2, 0.25) is 0 Å². The van der Waals surface area contributed by atoms with Crippen LogP contribution in [0.3, 0.4) is 0 Å². The molecule has 0 aromatic heterocycles. The molecule has 36 heavy (non-hydrogen) atoms. The summed E-state index contributed by atoms with van der Waals surface area (Å²) >= 11 is -0.826. The first kappa shape index (κ1) is 30.4. The van der Waals surface area contributed by atoms with Crippen molar-refractivity contribution >= 4 is 28.9 Å². The zero-order chi connectivity index (χ0) is 27.3. The topological polar surface area (TPSA) is 32.6 Å². The van der Waals surface area contributed by atoms with E-state index in [1.807, 2.05) is 44.2 Å². The van der Waals surface area contributed by atoms with Crippen LogP contribution in [0.1, 0.15) is 47.2 Å². The Kier molecular flexibility index (Phi) is 10.3. The molecule has 3 aromatic carbocycles. The van der Waals surface area contributed by atoms with Gasteiger partial charge in [-0.2, -0.15) is 26.3 Å². The van der Waals surface area contributed by atoms with E-state index >= 15 is 0 Å². The molecule has 0 fully saturated rings. The predicted octanol–water partition coefficient (Wildman–Crippen LogP) is 9.19. The van der Waals surface area contributed by atoms with E-state index in [2.05, 4.69) is 4.99 Å². The first-order chi connectivity index (χ1) is 16.6. The Morgan fingerprint density at radius 2 is 1.31 bits per heavy atom. The van der Waals surface area contributed by atoms with Crippen molar-refractivity contribution in [2.45, 2.75) is 38.5 Å². The van der Waals surface area contributed by atoms with Crippen molar-refractivity contribution in [1.82, 2.24) is 0 Å². The fraction of sp³-hybridized carbons (Fsp3) is 0.240. The molecule has 0 heterocycles. The molecule has 0 aliphatic rings. The molecule has 0 saturated carbocycles. The monoisotopic (exact) mass is 625 g/mol. The van der Waals surface area contributed by atoms with E-state index in [-0.39, 0.29) is 17.4 Å². The molecule has 0 radical (unpaired) electrons. The molecule has 0 bridgehead atoms. The minimum absolute atomic E-state index is 0.0453. The molecule has 0 aliphatic carbocycles. The molecule has 2 nitrogen and oxygen atoms in total. The van der Waals surface area contributed by atoms with Gasteiger partial charge in [-0.15, -0.1) is 0 Å². The quantitative estimate of drug-likeness (QED) is 0.227. The standard InChI is InChI=1S/C25H21F6NO.2ClH.Zr/c1-15-9-16(22(33)21(10-15)23(2,3)17-7-5-4-6-8-17)14-32-20-12-18(24(26,27)28)11-19(13-20)25(29,30)31;;;/h4-14,33H,1-3H3;2*1H;/q;;;+2/p-2. The Hall–Kier alpha value is -1.83. The molecular formula is C25H21Cl2F6NOZr. The van der Waals surface area contributed by atoms with Crippen molar-refractivity contribution in [3.05, 3.63) is 94.0 Å². The number of halogens is 8. The summed E-state index contributed by atoms with van der Waals surface area (Å²) in [6, 6.07) is 13.8. The number of rotatable bonds is 4. The second-order valence-electron chi connectivity index (χ2n) is 8.34. The molecule has 3 aromatic rings. The Morgan fingerprint density at radius 3 is 1.78 bits per heavy atom. The van der Waals surface area contributed by atoms with Crippen molar-refractivity contribution in [2.24, 2.45) is 4.99 Å². The summed E-state index contributed by atoms with van der Waals surface area (Å²) in [5, 5.41) is 10.9. The van der Waals surface area contributed by atoms with E-state index in [1.165, 1.54) is 0 Å². The van der Waals surface area contributed by atoms with Gasteiger partial charge in [0.1, 0.15) is 5.75 Å². The Morgan fingerprint density at radius 1 is 0.806 bits per heavy atom. The van der Waals surface area contributed by atoms with E-state index in [0.717, 1.165) is 17.3 Å². The van der Waals surface area contributed by atoms with Crippen molar-refractivity contribution in [1.29, 1.82) is 0 Å². The molecule has 11 heteroatoms. The molecule has 0 amide bonds. The molecule has 0 atom stereocenters. The Bertz CT molecular complexity index is 1180. The SMILES string of the molecule is Cc1cc(C=Nc2cc(C(F)(F)F)cc(C(F)(F)F)c2)c(O)c(C(C)(C)c2ccccc2)c1.[Cl][Zr][Cl]. The van der Waals surface area contributed by atoms with Gasteiger partial charge in [-0.25, -0.2) is 0 Å². The van der Waals surface area contributed by atoms with Crippen molar-refractivity contribution in [3.8, 4) is 5.75 Å². The molecular weight excluding hydrogens is 606 g/mol. The molecule has 3 rings (SSSR count). The maximum atomic E-state index is 13.1. The van der Waals surface area contributed by atoms with Crippen LogP contribution < -0.4 is 0 Å². The fourth-order valence-electron chi connectivity index (χ4n) is 3.55. The van der Waals surface area contributed by atoms with Crippen molar-refractivity contribution in [3.63, 3.8) is 0 Å². The van der Waals surface area contributed by atoms with Crippen LogP contribution in [0.15, 0.2) is 65.7 Å². The summed E-state index contributed by atoms with van der Waals surface area (Å²) in [6.45, 7) is 5.58. The van der Waals surface area contributed by atoms with Crippen LogP contribution in [-0.4, -0.2) is 11.3 Å². The van der Waals surface area contributed by atoms with Crippen LogP contribution in [0.25, 0.3) is 0 Å². The molecule has 0 saturated heterocycles. The normalized spacial score (nSPS) is 12.3. The summed E-state index contributed by atoms with van der Waals surface area (Å²) in [6.07, 6.45) is -8.86. The summed E-state index contributed by atoms with van der Waals surface area (Å²) in [7, 11) is 9.87. The fourth-order valence-corrected chi connectivity index (χ4v) is 3.55. The number of aryl methyl sites for hydroxylation is 1. The van der Waals surface area contributed by atoms with E-state index in [9.17, 15) is 31.4 Å². The second-order valence-corrected chi connectivity index (χ2v) is 12.1. The van der Waals surface area contributed by atoms with E-state index in [4.69, 9.17) is 17.0 Å². The van der Waals surface area contributed by atoms with Gasteiger partial charge in [0.25, 0.3) is 0 Å². The summed E-state index contributed by atoms with van der Waals surface area (Å²) in [4.78, 5) is 3.84. The number of benzene rings is 3. The Balaban J connectivity index is 0.00000145. The zero-order valence-electron chi connectivity index (χ0n) is 19.3. The van der Waals surface area contributed by atoms with Gasteiger partial charge in [-0.1, -0.05) is 50.2 Å². The minimum atomic E-state index is -4.97. The van der Waals surface area contributed by atoms with Crippen LogP contribution in [-0.2, 0) is 38.6 Å². The number of aromatic hydroxyl groups is 1. The van der Waals surface area contributed by atoms with Gasteiger partial charge < -0.3 is 5.11 Å². The summed E-state index contributed by atoms with van der Waals surface area (Å²) in [5.74, 6) is -0.152. The van der Waals surface area contributed by atoms with Gasteiger partial charge in [0.2, 0.25) is 0 Å². The maximum absolute atomic E-state index is 13.1. The number of phenols is 1. The first-order valence-electron chi connectivity index (χ1n) is 10.3. The number of alkyl halides is 6. The molecule has 0 spiro atoms. The van der Waals surface area contributed by atoms with Crippen LogP contribution in [0.5, 0.6) is 5.75 Å². The average Bonchev–Trinajstić information content (AvgIpc) is 2.79. The third-order valence-electron chi connectivity index (χ3n) is 5.38. The zero-order valence-corrected chi connectivity index (χ0v) is 23.2. The number of nitrogens with zero attached hydrogens (tertiary/aromatic N) is 1. The van der Waals surface area contributed by atoms with Crippen LogP contribution in [0, 0.1) is 6.92 Å². The van der Waals surface area contributed by atoms with Crippen LogP contribution in [0.4, 0.5) is 32.0 Å². The molecule has 0 unspecified atom stereocenters. The van der Waals surface area contributed by atoms with Gasteiger partial charge in [-0.05, 0) is 42.3 Å². The van der Waals surface area contributed by atoms with E-state index in [1.54, 1.807) is 19.1 Å². The Labute approximate surface area is 223 Å². The molecule has 1 N–H and O–H groups in total. The predicted molar refractivity (Wildman–Crippen MR) is 127 cm³/mol. The molecule has 192 valence electrons. The van der Waals surface area contributed by atoms with Crippen LogP contribution >= 0.6 is 17.0 Å². The van der Waals surface area contributed by atoms with E-state index < -0.39 is 55.4 Å². The second kappa shape index (κ2) is 12.1. The van der Waals surface area contributed by atoms with Crippen molar-refractivity contribution < 1.29 is 52.3 Å². The van der Waals surface area contributed by atoms with Gasteiger partial charge in [0, 0.05) is 22.8 Å². The van der Waals surface area contributed by atoms with Crippen molar-refractivity contribution in [2.75, 3.05) is 0 Å². The van der Waals surface area contributed by atoms with Gasteiger partial charge in [0.15, 0.2) is 0 Å². The summed E-state index contributed by atoms with van der Waals surface area (Å²) in [5.41, 5.74) is -1.67. The number of aliphatic imine (C=N–C) groups is 1. The molecule has 0 aliphatic heterocycles. The first-order valence-corrected chi connectivity index (χ1v) is 16.6. The van der Waals surface area contributed by atoms with Gasteiger partial charge in [-0.3, -0.25) is 4.99 Å². The number of hydrogen-bond acceptors (Lipinski definition) is 2. The third-order valence-corrected chi connectivity index (χ3v) is 5.38. The number of hydrogen-bond donors (Lipinski definition) is 1. The van der Waals surface area contributed by atoms with Gasteiger partial charge in [0.05, 0.1) is 16.8 Å². The summed E-state index contributed by atoms with van der Waals surface area (Å²) < 4.78 is 78.6. The average molecular weight is 628 g/mol. The van der Waals surface area contributed by atoms with E-state index in [0.29, 0.717) is 17.7 Å². The number of phenolic OH excluding ortho intramolecular Hbond substituents is 1. The third kappa shape index (κ3) is 7.83. The van der Waals surface area contributed by atoms with Gasteiger partial charge >= 0.3 is 50.2 Å².